The molecule has 4 unspecified atom stereocenters. The summed E-state index contributed by atoms with van der Waals surface area (Å²) in [5, 5.41) is 0. The van der Waals surface area contributed by atoms with E-state index in [1.165, 1.54) is 64.8 Å². The maximum Gasteiger partial charge on any atom is 0.0113 e. The van der Waals surface area contributed by atoms with Gasteiger partial charge in [-0.25, -0.2) is 0 Å². The van der Waals surface area contributed by atoms with Gasteiger partial charge in [-0.3, -0.25) is 4.90 Å². The Hall–Kier alpha value is -0.120. The van der Waals surface area contributed by atoms with Crippen molar-refractivity contribution >= 4 is 0 Å². The molecule has 118 valence electrons. The normalized spacial score (nSPS) is 35.1. The molecule has 0 aromatic rings. The van der Waals surface area contributed by atoms with Crippen molar-refractivity contribution in [1.82, 2.24) is 9.80 Å². The number of hydrogen-bond acceptors (Lipinski definition) is 3. The average Bonchev–Trinajstić information content (AvgIpc) is 2.49. The van der Waals surface area contributed by atoms with Gasteiger partial charge in [0.25, 0.3) is 0 Å². The molecule has 4 atom stereocenters. The summed E-state index contributed by atoms with van der Waals surface area (Å²) < 4.78 is 0. The topological polar surface area (TPSA) is 32.5 Å². The van der Waals surface area contributed by atoms with Crippen LogP contribution < -0.4 is 5.73 Å². The van der Waals surface area contributed by atoms with Gasteiger partial charge >= 0.3 is 0 Å². The third-order valence-electron chi connectivity index (χ3n) is 5.84. The van der Waals surface area contributed by atoms with Crippen LogP contribution in [0.2, 0.25) is 0 Å². The number of rotatable bonds is 5. The zero-order valence-electron chi connectivity index (χ0n) is 13.9. The van der Waals surface area contributed by atoms with Crippen molar-refractivity contribution in [3.8, 4) is 0 Å². The molecule has 3 nitrogen and oxygen atoms in total. The molecule has 0 bridgehead atoms. The summed E-state index contributed by atoms with van der Waals surface area (Å²) in [5.74, 6) is 1.67. The van der Waals surface area contributed by atoms with Crippen molar-refractivity contribution in [3.63, 3.8) is 0 Å². The Kier molecular flexibility index (Phi) is 6.31. The second-order valence-electron chi connectivity index (χ2n) is 7.11. The monoisotopic (exact) mass is 281 g/mol. The van der Waals surface area contributed by atoms with E-state index < -0.39 is 0 Å². The first-order valence-corrected chi connectivity index (χ1v) is 8.86. The number of hydrogen-bond donors (Lipinski definition) is 1. The fourth-order valence-corrected chi connectivity index (χ4v) is 3.94. The molecule has 2 aliphatic rings. The van der Waals surface area contributed by atoms with Gasteiger partial charge < -0.3 is 10.6 Å². The molecule has 1 aliphatic carbocycles. The highest BCUT2D eigenvalue weighted by atomic mass is 15.3. The molecule has 2 fully saturated rings. The van der Waals surface area contributed by atoms with Crippen LogP contribution in [0.4, 0.5) is 0 Å². The van der Waals surface area contributed by atoms with Gasteiger partial charge in [-0.2, -0.15) is 0 Å². The minimum Gasteiger partial charge on any atom is -0.327 e. The molecule has 2 N–H and O–H groups in total. The van der Waals surface area contributed by atoms with Gasteiger partial charge in [0.2, 0.25) is 0 Å². The van der Waals surface area contributed by atoms with Crippen LogP contribution in [-0.2, 0) is 0 Å². The van der Waals surface area contributed by atoms with Crippen LogP contribution in [0.15, 0.2) is 0 Å². The summed E-state index contributed by atoms with van der Waals surface area (Å²) in [6, 6.07) is 1.20. The minimum absolute atomic E-state index is 0.449. The predicted octanol–water partition coefficient (Wildman–Crippen LogP) is 2.56. The first kappa shape index (κ1) is 16.3. The van der Waals surface area contributed by atoms with E-state index >= 15 is 0 Å². The molecule has 20 heavy (non-hydrogen) atoms. The van der Waals surface area contributed by atoms with Gasteiger partial charge in [0.1, 0.15) is 0 Å². The van der Waals surface area contributed by atoms with E-state index in [0.29, 0.717) is 6.04 Å². The molecular weight excluding hydrogens is 246 g/mol. The highest BCUT2D eigenvalue weighted by Crippen LogP contribution is 2.31. The molecule has 0 radical (unpaired) electrons. The zero-order valence-corrected chi connectivity index (χ0v) is 13.9. The Morgan fingerprint density at radius 1 is 1.10 bits per heavy atom. The summed E-state index contributed by atoms with van der Waals surface area (Å²) in [7, 11) is 0. The highest BCUT2D eigenvalue weighted by molar-refractivity contribution is 4.86. The van der Waals surface area contributed by atoms with Gasteiger partial charge in [-0.1, -0.05) is 20.3 Å². The Morgan fingerprint density at radius 3 is 2.40 bits per heavy atom. The van der Waals surface area contributed by atoms with E-state index in [1.807, 2.05) is 0 Å². The summed E-state index contributed by atoms with van der Waals surface area (Å²) >= 11 is 0. The lowest BCUT2D eigenvalue weighted by molar-refractivity contribution is 0.0751. The molecule has 0 aromatic heterocycles. The lowest BCUT2D eigenvalue weighted by Crippen LogP contribution is -2.52. The third kappa shape index (κ3) is 4.19. The lowest BCUT2D eigenvalue weighted by Gasteiger charge is -2.41. The second kappa shape index (κ2) is 7.77. The van der Waals surface area contributed by atoms with Crippen molar-refractivity contribution in [1.29, 1.82) is 0 Å². The van der Waals surface area contributed by atoms with Crippen LogP contribution in [0.25, 0.3) is 0 Å². The van der Waals surface area contributed by atoms with E-state index in [2.05, 4.69) is 30.6 Å². The van der Waals surface area contributed by atoms with Crippen molar-refractivity contribution in [2.75, 3.05) is 32.7 Å². The first-order chi connectivity index (χ1) is 9.63. The molecule has 1 heterocycles. The average molecular weight is 281 g/mol. The molecule has 0 amide bonds. The van der Waals surface area contributed by atoms with Crippen LogP contribution >= 0.6 is 0 Å². The molecule has 0 spiro atoms. The van der Waals surface area contributed by atoms with Crippen LogP contribution in [-0.4, -0.2) is 54.6 Å². The molecule has 0 aromatic carbocycles. The predicted molar refractivity (Wildman–Crippen MR) is 86.9 cm³/mol. The van der Waals surface area contributed by atoms with Crippen molar-refractivity contribution in [3.05, 3.63) is 0 Å². The number of piperazine rings is 1. The Labute approximate surface area is 125 Å². The summed E-state index contributed by atoms with van der Waals surface area (Å²) in [6.45, 7) is 13.2. The van der Waals surface area contributed by atoms with Crippen molar-refractivity contribution in [2.45, 2.75) is 65.0 Å². The minimum atomic E-state index is 0.449. The van der Waals surface area contributed by atoms with Crippen LogP contribution in [0.1, 0.15) is 52.9 Å². The molecule has 2 rings (SSSR count). The molecule has 1 saturated carbocycles. The van der Waals surface area contributed by atoms with E-state index in [9.17, 15) is 0 Å². The van der Waals surface area contributed by atoms with E-state index in [-0.39, 0.29) is 0 Å². The standard InChI is InChI=1S/C17H35N3/c1-4-14(3)20-10-8-19(9-11-20)13-16-12-15(5-2)6-7-17(16)18/h14-17H,4-13,18H2,1-3H3. The molecular formula is C17H35N3. The third-order valence-corrected chi connectivity index (χ3v) is 5.84. The Balaban J connectivity index is 1.76. The van der Waals surface area contributed by atoms with Gasteiger partial charge in [0, 0.05) is 44.8 Å². The number of nitrogens with zero attached hydrogens (tertiary/aromatic N) is 2. The van der Waals surface area contributed by atoms with Crippen LogP contribution in [0.3, 0.4) is 0 Å². The molecule has 1 saturated heterocycles. The van der Waals surface area contributed by atoms with E-state index in [4.69, 9.17) is 5.73 Å². The van der Waals surface area contributed by atoms with Crippen molar-refractivity contribution < 1.29 is 0 Å². The Morgan fingerprint density at radius 2 is 1.80 bits per heavy atom. The summed E-state index contributed by atoms with van der Waals surface area (Å²) in [4.78, 5) is 5.31. The summed E-state index contributed by atoms with van der Waals surface area (Å²) in [6.07, 6.45) is 6.58. The Bertz CT molecular complexity index is 273. The summed E-state index contributed by atoms with van der Waals surface area (Å²) in [5.41, 5.74) is 6.37. The SMILES string of the molecule is CCC1CCC(N)C(CN2CCN(C(C)CC)CC2)C1. The quantitative estimate of drug-likeness (QED) is 0.840. The second-order valence-corrected chi connectivity index (χ2v) is 7.11. The smallest absolute Gasteiger partial charge is 0.0113 e. The van der Waals surface area contributed by atoms with Crippen molar-refractivity contribution in [2.24, 2.45) is 17.6 Å². The van der Waals surface area contributed by atoms with Gasteiger partial charge in [-0.15, -0.1) is 0 Å². The van der Waals surface area contributed by atoms with E-state index in [0.717, 1.165) is 17.9 Å². The van der Waals surface area contributed by atoms with Gasteiger partial charge in [0.05, 0.1) is 0 Å². The maximum absolute atomic E-state index is 6.37. The molecule has 1 aliphatic heterocycles. The zero-order chi connectivity index (χ0) is 14.5. The van der Waals surface area contributed by atoms with Crippen LogP contribution in [0.5, 0.6) is 0 Å². The largest absolute Gasteiger partial charge is 0.327 e. The molecule has 3 heteroatoms. The fraction of sp³-hybridized carbons (Fsp3) is 1.00. The number of nitrogens with two attached hydrogens (primary N) is 1. The lowest BCUT2D eigenvalue weighted by atomic mass is 9.77. The first-order valence-electron chi connectivity index (χ1n) is 8.86. The highest BCUT2D eigenvalue weighted by Gasteiger charge is 2.30. The maximum atomic E-state index is 6.37. The van der Waals surface area contributed by atoms with E-state index in [1.54, 1.807) is 0 Å². The fourth-order valence-electron chi connectivity index (χ4n) is 3.94. The van der Waals surface area contributed by atoms with Gasteiger partial charge in [0.15, 0.2) is 0 Å². The van der Waals surface area contributed by atoms with Crippen LogP contribution in [0, 0.1) is 11.8 Å². The van der Waals surface area contributed by atoms with Gasteiger partial charge in [-0.05, 0) is 44.4 Å².